The Hall–Kier alpha value is -0.340. The topological polar surface area (TPSA) is 29.3 Å². The monoisotopic (exact) mass is 196 g/mol. The Labute approximate surface area is 88.2 Å². The number of rotatable bonds is 6. The molecule has 82 valence electrons. The summed E-state index contributed by atoms with van der Waals surface area (Å²) in [6.45, 7) is 11.5. The van der Waals surface area contributed by atoms with Crippen molar-refractivity contribution < 1.29 is 0 Å². The van der Waals surface area contributed by atoms with Gasteiger partial charge in [0.05, 0.1) is 0 Å². The van der Waals surface area contributed by atoms with E-state index in [1.54, 1.807) is 0 Å². The largest absolute Gasteiger partial charge is 0.325 e. The fourth-order valence-electron chi connectivity index (χ4n) is 1.99. The molecule has 0 spiro atoms. The molecule has 1 rings (SSSR count). The van der Waals surface area contributed by atoms with Gasteiger partial charge in [-0.15, -0.1) is 0 Å². The molecule has 1 fully saturated rings. The minimum atomic E-state index is 0.169. The highest BCUT2D eigenvalue weighted by atomic mass is 15.1. The van der Waals surface area contributed by atoms with Gasteiger partial charge in [0.25, 0.3) is 0 Å². The summed E-state index contributed by atoms with van der Waals surface area (Å²) in [5, 5.41) is 0. The molecular weight excluding hydrogens is 172 g/mol. The van der Waals surface area contributed by atoms with Crippen molar-refractivity contribution in [3.63, 3.8) is 0 Å². The van der Waals surface area contributed by atoms with Crippen LogP contribution in [0.4, 0.5) is 0 Å². The maximum Gasteiger partial charge on any atom is 0.0187 e. The lowest BCUT2D eigenvalue weighted by Gasteiger charge is -2.39. The second-order valence-corrected chi connectivity index (χ2v) is 4.79. The molecule has 1 saturated carbocycles. The number of nitrogens with zero attached hydrogens (tertiary/aromatic N) is 1. The second-order valence-electron chi connectivity index (χ2n) is 4.79. The van der Waals surface area contributed by atoms with Gasteiger partial charge in [0.2, 0.25) is 0 Å². The predicted octanol–water partition coefficient (Wildman–Crippen LogP) is 2.16. The van der Waals surface area contributed by atoms with Crippen molar-refractivity contribution in [1.29, 1.82) is 0 Å². The van der Waals surface area contributed by atoms with Gasteiger partial charge in [0.1, 0.15) is 0 Å². The first-order valence-corrected chi connectivity index (χ1v) is 5.71. The molecular formula is C12H24N2. The Balaban J connectivity index is 2.23. The van der Waals surface area contributed by atoms with Crippen molar-refractivity contribution in [2.75, 3.05) is 19.6 Å². The van der Waals surface area contributed by atoms with E-state index in [1.807, 2.05) is 0 Å². The van der Waals surface area contributed by atoms with E-state index in [0.717, 1.165) is 26.1 Å². The van der Waals surface area contributed by atoms with Crippen molar-refractivity contribution in [3.8, 4) is 0 Å². The quantitative estimate of drug-likeness (QED) is 0.660. The van der Waals surface area contributed by atoms with Crippen LogP contribution in [0.2, 0.25) is 0 Å². The van der Waals surface area contributed by atoms with Crippen molar-refractivity contribution >= 4 is 0 Å². The Bertz CT molecular complexity index is 194. The molecule has 0 heterocycles. The zero-order valence-electron chi connectivity index (χ0n) is 9.68. The third-order valence-corrected chi connectivity index (χ3v) is 3.22. The first-order chi connectivity index (χ1) is 6.56. The Morgan fingerprint density at radius 3 is 2.50 bits per heavy atom. The molecule has 2 heteroatoms. The van der Waals surface area contributed by atoms with Crippen molar-refractivity contribution in [2.45, 2.75) is 45.1 Å². The predicted molar refractivity (Wildman–Crippen MR) is 62.3 cm³/mol. The van der Waals surface area contributed by atoms with Crippen LogP contribution in [0.5, 0.6) is 0 Å². The van der Waals surface area contributed by atoms with E-state index in [1.165, 1.54) is 24.8 Å². The molecule has 0 aromatic heterocycles. The summed E-state index contributed by atoms with van der Waals surface area (Å²) in [4.78, 5) is 2.43. The summed E-state index contributed by atoms with van der Waals surface area (Å²) in [7, 11) is 0. The lowest BCUT2D eigenvalue weighted by Crippen LogP contribution is -2.48. The maximum atomic E-state index is 6.19. The van der Waals surface area contributed by atoms with E-state index in [-0.39, 0.29) is 5.54 Å². The summed E-state index contributed by atoms with van der Waals surface area (Å²) >= 11 is 0. The molecule has 0 bridgehead atoms. The van der Waals surface area contributed by atoms with E-state index in [9.17, 15) is 0 Å². The number of likely N-dealkylation sites (N-methyl/N-ethyl adjacent to an activating group) is 1. The first kappa shape index (κ1) is 11.7. The molecule has 0 aromatic carbocycles. The number of nitrogens with two attached hydrogens (primary N) is 1. The minimum absolute atomic E-state index is 0.169. The summed E-state index contributed by atoms with van der Waals surface area (Å²) in [6.07, 6.45) is 4.91. The second kappa shape index (κ2) is 4.94. The van der Waals surface area contributed by atoms with Crippen molar-refractivity contribution in [1.82, 2.24) is 4.90 Å². The first-order valence-electron chi connectivity index (χ1n) is 5.71. The van der Waals surface area contributed by atoms with Crippen LogP contribution in [-0.2, 0) is 0 Å². The zero-order valence-corrected chi connectivity index (χ0v) is 9.68. The highest BCUT2D eigenvalue weighted by Crippen LogP contribution is 2.32. The van der Waals surface area contributed by atoms with Crippen molar-refractivity contribution in [3.05, 3.63) is 12.2 Å². The van der Waals surface area contributed by atoms with E-state index in [0.29, 0.717) is 0 Å². The standard InChI is InChI=1S/C12H24N2/c1-4-14(10-11(2)3)9-8-12(13)6-5-7-12/h2,4-10,13H2,1,3H3. The van der Waals surface area contributed by atoms with Gasteiger partial charge in [0.15, 0.2) is 0 Å². The molecule has 0 radical (unpaired) electrons. The molecule has 0 atom stereocenters. The van der Waals surface area contributed by atoms with Crippen LogP contribution in [0, 0.1) is 0 Å². The van der Waals surface area contributed by atoms with Gasteiger partial charge in [-0.25, -0.2) is 0 Å². The van der Waals surface area contributed by atoms with E-state index in [2.05, 4.69) is 25.3 Å². The lowest BCUT2D eigenvalue weighted by atomic mass is 9.75. The molecule has 1 aliphatic rings. The highest BCUT2D eigenvalue weighted by molar-refractivity contribution is 4.95. The third-order valence-electron chi connectivity index (χ3n) is 3.22. The molecule has 0 aliphatic heterocycles. The summed E-state index contributed by atoms with van der Waals surface area (Å²) in [6, 6.07) is 0. The van der Waals surface area contributed by atoms with Crippen LogP contribution in [0.25, 0.3) is 0 Å². The van der Waals surface area contributed by atoms with Crippen LogP contribution in [0.3, 0.4) is 0 Å². The molecule has 0 unspecified atom stereocenters. The van der Waals surface area contributed by atoms with Gasteiger partial charge in [-0.05, 0) is 39.2 Å². The van der Waals surface area contributed by atoms with Gasteiger partial charge in [-0.1, -0.05) is 19.1 Å². The molecule has 2 nitrogen and oxygen atoms in total. The number of hydrogen-bond acceptors (Lipinski definition) is 2. The van der Waals surface area contributed by atoms with Gasteiger partial charge in [-0.2, -0.15) is 0 Å². The Morgan fingerprint density at radius 2 is 2.14 bits per heavy atom. The molecule has 14 heavy (non-hydrogen) atoms. The van der Waals surface area contributed by atoms with E-state index < -0.39 is 0 Å². The van der Waals surface area contributed by atoms with Gasteiger partial charge in [-0.3, -0.25) is 4.90 Å². The van der Waals surface area contributed by atoms with Gasteiger partial charge >= 0.3 is 0 Å². The fourth-order valence-corrected chi connectivity index (χ4v) is 1.99. The lowest BCUT2D eigenvalue weighted by molar-refractivity contribution is 0.190. The van der Waals surface area contributed by atoms with Crippen LogP contribution >= 0.6 is 0 Å². The molecule has 0 saturated heterocycles. The average molecular weight is 196 g/mol. The Morgan fingerprint density at radius 1 is 1.50 bits per heavy atom. The number of hydrogen-bond donors (Lipinski definition) is 1. The van der Waals surface area contributed by atoms with Crippen molar-refractivity contribution in [2.24, 2.45) is 5.73 Å². The van der Waals surface area contributed by atoms with Crippen LogP contribution in [-0.4, -0.2) is 30.1 Å². The smallest absolute Gasteiger partial charge is 0.0187 e. The fraction of sp³-hybridized carbons (Fsp3) is 0.833. The summed E-state index contributed by atoms with van der Waals surface area (Å²) in [5.74, 6) is 0. The Kier molecular flexibility index (Phi) is 4.14. The van der Waals surface area contributed by atoms with Crippen LogP contribution in [0.15, 0.2) is 12.2 Å². The third kappa shape index (κ3) is 3.43. The molecule has 1 aliphatic carbocycles. The maximum absolute atomic E-state index is 6.19. The molecule has 0 amide bonds. The zero-order chi connectivity index (χ0) is 10.6. The van der Waals surface area contributed by atoms with Crippen LogP contribution in [0.1, 0.15) is 39.5 Å². The normalized spacial score (nSPS) is 19.4. The minimum Gasteiger partial charge on any atom is -0.325 e. The van der Waals surface area contributed by atoms with Gasteiger partial charge in [0, 0.05) is 18.6 Å². The van der Waals surface area contributed by atoms with E-state index >= 15 is 0 Å². The summed E-state index contributed by atoms with van der Waals surface area (Å²) in [5.41, 5.74) is 7.60. The molecule has 0 aromatic rings. The van der Waals surface area contributed by atoms with Crippen LogP contribution < -0.4 is 5.73 Å². The van der Waals surface area contributed by atoms with E-state index in [4.69, 9.17) is 5.73 Å². The molecule has 2 N–H and O–H groups in total. The summed E-state index contributed by atoms with van der Waals surface area (Å²) < 4.78 is 0. The average Bonchev–Trinajstić information content (AvgIpc) is 2.08. The highest BCUT2D eigenvalue weighted by Gasteiger charge is 2.32. The SMILES string of the molecule is C=C(C)CN(CC)CCC1(N)CCC1. The van der Waals surface area contributed by atoms with Gasteiger partial charge < -0.3 is 5.73 Å².